The Hall–Kier alpha value is -2.79. The number of benzene rings is 1. The van der Waals surface area contributed by atoms with Gasteiger partial charge in [0.1, 0.15) is 5.01 Å². The maximum Gasteiger partial charge on any atom is 0.224 e. The maximum atomic E-state index is 12.2. The molecule has 2 heterocycles. The number of allylic oxidation sites excluding steroid dienone is 1. The van der Waals surface area contributed by atoms with Gasteiger partial charge in [-0.15, -0.1) is 11.3 Å². The van der Waals surface area contributed by atoms with Crippen molar-refractivity contribution in [2.24, 2.45) is 0 Å². The van der Waals surface area contributed by atoms with Crippen molar-refractivity contribution in [3.63, 3.8) is 0 Å². The largest absolute Gasteiger partial charge is 0.355 e. The van der Waals surface area contributed by atoms with Gasteiger partial charge in [0.05, 0.1) is 12.1 Å². The van der Waals surface area contributed by atoms with Crippen molar-refractivity contribution >= 4 is 17.2 Å². The van der Waals surface area contributed by atoms with Crippen LogP contribution in [0, 0.1) is 0 Å². The van der Waals surface area contributed by atoms with Crippen molar-refractivity contribution in [3.05, 3.63) is 71.4 Å². The van der Waals surface area contributed by atoms with Gasteiger partial charge >= 0.3 is 0 Å². The highest BCUT2D eigenvalue weighted by Gasteiger charge is 2.09. The van der Waals surface area contributed by atoms with Gasteiger partial charge in [-0.3, -0.25) is 9.78 Å². The average Bonchev–Trinajstić information content (AvgIpc) is 3.26. The summed E-state index contributed by atoms with van der Waals surface area (Å²) in [6.07, 6.45) is 12.3. The fourth-order valence-electron chi connectivity index (χ4n) is 3.57. The van der Waals surface area contributed by atoms with Gasteiger partial charge < -0.3 is 5.32 Å². The topological polar surface area (TPSA) is 54.9 Å². The van der Waals surface area contributed by atoms with Crippen LogP contribution in [0.25, 0.3) is 21.8 Å². The van der Waals surface area contributed by atoms with Crippen LogP contribution in [-0.4, -0.2) is 22.4 Å². The third kappa shape index (κ3) is 5.39. The number of thiazole rings is 1. The van der Waals surface area contributed by atoms with Gasteiger partial charge in [0.25, 0.3) is 0 Å². The molecule has 3 aromatic rings. The van der Waals surface area contributed by atoms with E-state index in [2.05, 4.69) is 21.8 Å². The molecule has 4 nitrogen and oxygen atoms in total. The molecule has 1 aliphatic rings. The molecule has 5 heteroatoms. The minimum absolute atomic E-state index is 0.0859. The Labute approximate surface area is 175 Å². The third-order valence-corrected chi connectivity index (χ3v) is 6.09. The number of nitrogens with zero attached hydrogens (tertiary/aromatic N) is 2. The average molecular weight is 404 g/mol. The fourth-order valence-corrected chi connectivity index (χ4v) is 4.40. The predicted octanol–water partition coefficient (Wildman–Crippen LogP) is 5.42. The van der Waals surface area contributed by atoms with Crippen LogP contribution in [0.5, 0.6) is 0 Å². The molecule has 0 bridgehead atoms. The standard InChI is InChI=1S/C24H25N3OS/c28-23(26-15-10-18-4-2-1-3-5-18)16-19-6-8-20(9-7-19)22-17-29-24(27-22)21-11-13-25-14-12-21/h4,6-9,11-14,17H,1-3,5,10,15-16H2,(H,26,28). The highest BCUT2D eigenvalue weighted by atomic mass is 32.1. The lowest BCUT2D eigenvalue weighted by atomic mass is 9.97. The lowest BCUT2D eigenvalue weighted by Gasteiger charge is -2.13. The molecule has 1 N–H and O–H groups in total. The number of pyridine rings is 1. The van der Waals surface area contributed by atoms with E-state index in [0.29, 0.717) is 6.42 Å². The number of amides is 1. The Morgan fingerprint density at radius 3 is 2.62 bits per heavy atom. The molecule has 1 aromatic carbocycles. The molecule has 148 valence electrons. The van der Waals surface area contributed by atoms with Crippen molar-refractivity contribution in [2.45, 2.75) is 38.5 Å². The second kappa shape index (κ2) is 9.61. The molecule has 1 amide bonds. The first kappa shape index (κ1) is 19.5. The Kier molecular flexibility index (Phi) is 6.47. The summed E-state index contributed by atoms with van der Waals surface area (Å²) in [6.45, 7) is 0.735. The van der Waals surface area contributed by atoms with Gasteiger partial charge in [-0.05, 0) is 49.8 Å². The van der Waals surface area contributed by atoms with E-state index < -0.39 is 0 Å². The van der Waals surface area contributed by atoms with Crippen LogP contribution in [0.1, 0.15) is 37.7 Å². The van der Waals surface area contributed by atoms with Crippen LogP contribution in [0.15, 0.2) is 65.8 Å². The van der Waals surface area contributed by atoms with Crippen LogP contribution >= 0.6 is 11.3 Å². The number of carbonyl (C=O) groups excluding carboxylic acids is 1. The van der Waals surface area contributed by atoms with E-state index in [1.807, 2.05) is 36.4 Å². The molecule has 2 aromatic heterocycles. The number of aromatic nitrogens is 2. The van der Waals surface area contributed by atoms with E-state index in [0.717, 1.165) is 40.4 Å². The molecule has 29 heavy (non-hydrogen) atoms. The van der Waals surface area contributed by atoms with Crippen molar-refractivity contribution in [1.29, 1.82) is 0 Å². The molecule has 0 aliphatic heterocycles. The van der Waals surface area contributed by atoms with Gasteiger partial charge in [-0.25, -0.2) is 4.98 Å². The second-order valence-corrected chi connectivity index (χ2v) is 8.21. The van der Waals surface area contributed by atoms with Crippen LogP contribution < -0.4 is 5.32 Å². The summed E-state index contributed by atoms with van der Waals surface area (Å²) >= 11 is 1.63. The molecule has 0 saturated heterocycles. The summed E-state index contributed by atoms with van der Waals surface area (Å²) < 4.78 is 0. The van der Waals surface area contributed by atoms with E-state index in [-0.39, 0.29) is 5.91 Å². The first-order valence-electron chi connectivity index (χ1n) is 10.2. The van der Waals surface area contributed by atoms with Crippen LogP contribution in [0.2, 0.25) is 0 Å². The number of hydrogen-bond acceptors (Lipinski definition) is 4. The van der Waals surface area contributed by atoms with Gasteiger partial charge in [-0.1, -0.05) is 35.9 Å². The summed E-state index contributed by atoms with van der Waals surface area (Å²) in [6, 6.07) is 12.1. The summed E-state index contributed by atoms with van der Waals surface area (Å²) in [5.74, 6) is 0.0859. The second-order valence-electron chi connectivity index (χ2n) is 7.36. The van der Waals surface area contributed by atoms with Crippen LogP contribution in [0.3, 0.4) is 0 Å². The minimum atomic E-state index is 0.0859. The van der Waals surface area contributed by atoms with Gasteiger partial charge in [0.2, 0.25) is 5.91 Å². The summed E-state index contributed by atoms with van der Waals surface area (Å²) in [5, 5.41) is 6.10. The quantitative estimate of drug-likeness (QED) is 0.536. The van der Waals surface area contributed by atoms with E-state index in [1.54, 1.807) is 23.7 Å². The van der Waals surface area contributed by atoms with Crippen molar-refractivity contribution < 1.29 is 4.79 Å². The van der Waals surface area contributed by atoms with E-state index >= 15 is 0 Å². The van der Waals surface area contributed by atoms with Gasteiger partial charge in [-0.2, -0.15) is 0 Å². The number of rotatable bonds is 7. The molecule has 0 atom stereocenters. The lowest BCUT2D eigenvalue weighted by Crippen LogP contribution is -2.26. The highest BCUT2D eigenvalue weighted by molar-refractivity contribution is 7.13. The van der Waals surface area contributed by atoms with Crippen molar-refractivity contribution in [1.82, 2.24) is 15.3 Å². The zero-order valence-corrected chi connectivity index (χ0v) is 17.3. The van der Waals surface area contributed by atoms with Crippen molar-refractivity contribution in [2.75, 3.05) is 6.54 Å². The smallest absolute Gasteiger partial charge is 0.224 e. The maximum absolute atomic E-state index is 12.2. The zero-order chi connectivity index (χ0) is 19.9. The van der Waals surface area contributed by atoms with Gasteiger partial charge in [0.15, 0.2) is 0 Å². The number of carbonyl (C=O) groups is 1. The van der Waals surface area contributed by atoms with Crippen LogP contribution in [0.4, 0.5) is 0 Å². The first-order chi connectivity index (χ1) is 14.3. The normalized spacial score (nSPS) is 13.7. The van der Waals surface area contributed by atoms with Gasteiger partial charge in [0, 0.05) is 35.4 Å². The Balaban J connectivity index is 1.30. The number of nitrogens with one attached hydrogen (secondary N) is 1. The monoisotopic (exact) mass is 403 g/mol. The summed E-state index contributed by atoms with van der Waals surface area (Å²) in [5.41, 5.74) is 5.62. The molecule has 4 rings (SSSR count). The van der Waals surface area contributed by atoms with Crippen molar-refractivity contribution in [3.8, 4) is 21.8 Å². The molecule has 0 saturated carbocycles. The minimum Gasteiger partial charge on any atom is -0.355 e. The SMILES string of the molecule is O=C(Cc1ccc(-c2csc(-c3ccncc3)n2)cc1)NCCC1=CCCCC1. The molecular weight excluding hydrogens is 378 g/mol. The van der Waals surface area contributed by atoms with E-state index in [4.69, 9.17) is 4.98 Å². The Morgan fingerprint density at radius 2 is 1.86 bits per heavy atom. The fraction of sp³-hybridized carbons (Fsp3) is 0.292. The Morgan fingerprint density at radius 1 is 1.03 bits per heavy atom. The lowest BCUT2D eigenvalue weighted by molar-refractivity contribution is -0.120. The predicted molar refractivity (Wildman–Crippen MR) is 119 cm³/mol. The summed E-state index contributed by atoms with van der Waals surface area (Å²) in [7, 11) is 0. The molecule has 0 spiro atoms. The number of hydrogen-bond donors (Lipinski definition) is 1. The summed E-state index contributed by atoms with van der Waals surface area (Å²) in [4.78, 5) is 21.0. The molecule has 0 fully saturated rings. The third-order valence-electron chi connectivity index (χ3n) is 5.20. The molecular formula is C24H25N3OS. The van der Waals surface area contributed by atoms with Crippen LogP contribution in [-0.2, 0) is 11.2 Å². The Bertz CT molecular complexity index is 977. The first-order valence-corrected chi connectivity index (χ1v) is 11.1. The van der Waals surface area contributed by atoms with E-state index in [9.17, 15) is 4.79 Å². The highest BCUT2D eigenvalue weighted by Crippen LogP contribution is 2.28. The van der Waals surface area contributed by atoms with E-state index in [1.165, 1.54) is 31.3 Å². The molecule has 0 radical (unpaired) electrons. The molecule has 0 unspecified atom stereocenters. The zero-order valence-electron chi connectivity index (χ0n) is 16.4. The molecule has 1 aliphatic carbocycles.